The van der Waals surface area contributed by atoms with Crippen LogP contribution in [0.1, 0.15) is 19.8 Å². The Kier molecular flexibility index (Phi) is 6.51. The first kappa shape index (κ1) is 13.0. The highest BCUT2D eigenvalue weighted by Gasteiger charge is 2.29. The molecule has 0 aromatic rings. The van der Waals surface area contributed by atoms with Crippen molar-refractivity contribution in [3.63, 3.8) is 0 Å². The van der Waals surface area contributed by atoms with Crippen LogP contribution in [0.5, 0.6) is 0 Å². The fraction of sp³-hybridized carbons (Fsp3) is 1.00. The zero-order chi connectivity index (χ0) is 10.3. The van der Waals surface area contributed by atoms with Crippen molar-refractivity contribution in [1.82, 2.24) is 4.90 Å². The van der Waals surface area contributed by atoms with E-state index in [1.807, 2.05) is 6.92 Å². The van der Waals surface area contributed by atoms with Crippen LogP contribution in [0, 0.1) is 0 Å². The summed E-state index contributed by atoms with van der Waals surface area (Å²) >= 11 is 5.41. The summed E-state index contributed by atoms with van der Waals surface area (Å²) in [6.45, 7) is 1.95. The van der Waals surface area contributed by atoms with Crippen molar-refractivity contribution in [1.29, 1.82) is 0 Å². The SMILES string of the molecule is CCCN(CCCCl)CC(F)(F)F. The monoisotopic (exact) mass is 217 g/mol. The predicted molar refractivity (Wildman–Crippen MR) is 48.1 cm³/mol. The van der Waals surface area contributed by atoms with E-state index < -0.39 is 12.7 Å². The number of rotatable bonds is 6. The van der Waals surface area contributed by atoms with Crippen LogP contribution >= 0.6 is 11.6 Å². The Morgan fingerprint density at radius 3 is 2.23 bits per heavy atom. The lowest BCUT2D eigenvalue weighted by Gasteiger charge is -2.22. The van der Waals surface area contributed by atoms with E-state index in [4.69, 9.17) is 11.6 Å². The van der Waals surface area contributed by atoms with Crippen LogP contribution in [0.3, 0.4) is 0 Å². The molecule has 0 heterocycles. The number of nitrogens with zero attached hydrogens (tertiary/aromatic N) is 1. The fourth-order valence-corrected chi connectivity index (χ4v) is 1.24. The van der Waals surface area contributed by atoms with Crippen LogP contribution < -0.4 is 0 Å². The van der Waals surface area contributed by atoms with Crippen molar-refractivity contribution >= 4 is 11.6 Å². The highest BCUT2D eigenvalue weighted by molar-refractivity contribution is 6.17. The molecule has 13 heavy (non-hydrogen) atoms. The molecule has 5 heteroatoms. The Hall–Kier alpha value is 0.0400. The topological polar surface area (TPSA) is 3.24 Å². The summed E-state index contributed by atoms with van der Waals surface area (Å²) in [5, 5.41) is 0. The minimum atomic E-state index is -4.10. The van der Waals surface area contributed by atoms with E-state index in [9.17, 15) is 13.2 Å². The van der Waals surface area contributed by atoms with Crippen molar-refractivity contribution in [3.05, 3.63) is 0 Å². The molecule has 0 aliphatic heterocycles. The summed E-state index contributed by atoms with van der Waals surface area (Å²) < 4.78 is 35.9. The number of halogens is 4. The second kappa shape index (κ2) is 6.49. The Morgan fingerprint density at radius 2 is 1.85 bits per heavy atom. The second-order valence-electron chi connectivity index (χ2n) is 2.93. The Labute approximate surface area is 81.9 Å². The van der Waals surface area contributed by atoms with Gasteiger partial charge in [0.1, 0.15) is 0 Å². The summed E-state index contributed by atoms with van der Waals surface area (Å²) in [6.07, 6.45) is -2.75. The van der Waals surface area contributed by atoms with Crippen molar-refractivity contribution in [3.8, 4) is 0 Å². The van der Waals surface area contributed by atoms with Crippen molar-refractivity contribution in [2.24, 2.45) is 0 Å². The minimum Gasteiger partial charge on any atom is -0.295 e. The third kappa shape index (κ3) is 8.37. The average molecular weight is 218 g/mol. The van der Waals surface area contributed by atoms with Gasteiger partial charge >= 0.3 is 6.18 Å². The number of hydrogen-bond donors (Lipinski definition) is 0. The molecule has 0 aromatic carbocycles. The van der Waals surface area contributed by atoms with Crippen LogP contribution in [0.25, 0.3) is 0 Å². The smallest absolute Gasteiger partial charge is 0.295 e. The normalized spacial score (nSPS) is 12.5. The first-order chi connectivity index (χ1) is 5.99. The molecule has 0 saturated carbocycles. The molecule has 0 amide bonds. The van der Waals surface area contributed by atoms with E-state index in [0.29, 0.717) is 25.4 Å². The summed E-state index contributed by atoms with van der Waals surface area (Å²) in [4.78, 5) is 1.39. The van der Waals surface area contributed by atoms with Crippen molar-refractivity contribution in [2.75, 3.05) is 25.5 Å². The van der Waals surface area contributed by atoms with Gasteiger partial charge in [-0.3, -0.25) is 4.90 Å². The minimum absolute atomic E-state index is 0.415. The lowest BCUT2D eigenvalue weighted by Crippen LogP contribution is -2.35. The molecule has 0 aromatic heterocycles. The van der Waals surface area contributed by atoms with Gasteiger partial charge in [-0.2, -0.15) is 13.2 Å². The molecular formula is C8H15ClF3N. The van der Waals surface area contributed by atoms with Gasteiger partial charge in [0.05, 0.1) is 6.54 Å². The molecule has 0 atom stereocenters. The van der Waals surface area contributed by atoms with Gasteiger partial charge < -0.3 is 0 Å². The van der Waals surface area contributed by atoms with E-state index in [1.165, 1.54) is 4.90 Å². The van der Waals surface area contributed by atoms with Crippen LogP contribution in [0.2, 0.25) is 0 Å². The molecule has 0 fully saturated rings. The van der Waals surface area contributed by atoms with E-state index in [0.717, 1.165) is 6.42 Å². The Balaban J connectivity index is 3.79. The second-order valence-corrected chi connectivity index (χ2v) is 3.31. The fourth-order valence-electron chi connectivity index (χ4n) is 1.12. The molecular weight excluding hydrogens is 203 g/mol. The van der Waals surface area contributed by atoms with Crippen molar-refractivity contribution < 1.29 is 13.2 Å². The zero-order valence-electron chi connectivity index (χ0n) is 7.70. The molecule has 0 bridgehead atoms. The van der Waals surface area contributed by atoms with Gasteiger partial charge in [-0.05, 0) is 25.9 Å². The summed E-state index contributed by atoms with van der Waals surface area (Å²) in [5.74, 6) is 0.415. The van der Waals surface area contributed by atoms with E-state index in [-0.39, 0.29) is 0 Å². The molecule has 80 valence electrons. The summed E-state index contributed by atoms with van der Waals surface area (Å²) in [5.41, 5.74) is 0. The van der Waals surface area contributed by atoms with Crippen LogP contribution in [0.4, 0.5) is 13.2 Å². The third-order valence-electron chi connectivity index (χ3n) is 1.55. The average Bonchev–Trinajstić information content (AvgIpc) is 1.98. The quantitative estimate of drug-likeness (QED) is 0.619. The lowest BCUT2D eigenvalue weighted by atomic mass is 10.3. The number of alkyl halides is 4. The highest BCUT2D eigenvalue weighted by Crippen LogP contribution is 2.16. The molecule has 0 aliphatic carbocycles. The molecule has 0 aliphatic rings. The van der Waals surface area contributed by atoms with Gasteiger partial charge in [-0.15, -0.1) is 11.6 Å². The Bertz CT molecular complexity index is 127. The van der Waals surface area contributed by atoms with E-state index in [1.54, 1.807) is 0 Å². The maximum atomic E-state index is 12.0. The summed E-state index contributed by atoms with van der Waals surface area (Å²) in [7, 11) is 0. The predicted octanol–water partition coefficient (Wildman–Crippen LogP) is 2.89. The van der Waals surface area contributed by atoms with Crippen LogP contribution in [0.15, 0.2) is 0 Å². The molecule has 1 nitrogen and oxygen atoms in total. The molecule has 0 radical (unpaired) electrons. The third-order valence-corrected chi connectivity index (χ3v) is 1.82. The van der Waals surface area contributed by atoms with Gasteiger partial charge in [-0.1, -0.05) is 6.92 Å². The van der Waals surface area contributed by atoms with E-state index >= 15 is 0 Å². The summed E-state index contributed by atoms with van der Waals surface area (Å²) in [6, 6.07) is 0. The molecule has 0 rings (SSSR count). The standard InChI is InChI=1S/C8H15ClF3N/c1-2-5-13(6-3-4-9)7-8(10,11)12/h2-7H2,1H3. The van der Waals surface area contributed by atoms with Gasteiger partial charge in [0.15, 0.2) is 0 Å². The zero-order valence-corrected chi connectivity index (χ0v) is 8.46. The highest BCUT2D eigenvalue weighted by atomic mass is 35.5. The van der Waals surface area contributed by atoms with Crippen LogP contribution in [-0.2, 0) is 0 Å². The number of hydrogen-bond acceptors (Lipinski definition) is 1. The molecule has 0 spiro atoms. The van der Waals surface area contributed by atoms with Gasteiger partial charge in [0.2, 0.25) is 0 Å². The first-order valence-corrected chi connectivity index (χ1v) is 4.88. The molecule has 0 N–H and O–H groups in total. The van der Waals surface area contributed by atoms with Gasteiger partial charge in [0, 0.05) is 5.88 Å². The van der Waals surface area contributed by atoms with E-state index in [2.05, 4.69) is 0 Å². The Morgan fingerprint density at radius 1 is 1.23 bits per heavy atom. The maximum absolute atomic E-state index is 12.0. The van der Waals surface area contributed by atoms with Crippen molar-refractivity contribution in [2.45, 2.75) is 25.9 Å². The maximum Gasteiger partial charge on any atom is 0.401 e. The van der Waals surface area contributed by atoms with Gasteiger partial charge in [0.25, 0.3) is 0 Å². The largest absolute Gasteiger partial charge is 0.401 e. The van der Waals surface area contributed by atoms with Gasteiger partial charge in [-0.25, -0.2) is 0 Å². The first-order valence-electron chi connectivity index (χ1n) is 4.34. The molecule has 0 saturated heterocycles. The lowest BCUT2D eigenvalue weighted by molar-refractivity contribution is -0.145. The van der Waals surface area contributed by atoms with Crippen LogP contribution in [-0.4, -0.2) is 36.6 Å². The molecule has 0 unspecified atom stereocenters.